The third-order valence-corrected chi connectivity index (χ3v) is 2.35. The third kappa shape index (κ3) is 3.00. The van der Waals surface area contributed by atoms with E-state index in [4.69, 9.17) is 22.7 Å². The average Bonchev–Trinajstić information content (AvgIpc) is 2.18. The van der Waals surface area contributed by atoms with Gasteiger partial charge in [0.2, 0.25) is 0 Å². The maximum atomic E-state index is 5.55. The van der Waals surface area contributed by atoms with Crippen molar-refractivity contribution < 1.29 is 4.74 Å². The summed E-state index contributed by atoms with van der Waals surface area (Å²) in [7, 11) is 0. The molecule has 0 heterocycles. The van der Waals surface area contributed by atoms with Crippen LogP contribution >= 0.6 is 12.2 Å². The molecule has 1 aromatic rings. The molecule has 0 aromatic heterocycles. The molecular formula is C11H15NOS. The summed E-state index contributed by atoms with van der Waals surface area (Å²) in [6, 6.07) is 7.96. The number of rotatable bonds is 4. The van der Waals surface area contributed by atoms with Crippen LogP contribution in [-0.4, -0.2) is 11.1 Å². The van der Waals surface area contributed by atoms with E-state index in [1.54, 1.807) is 0 Å². The second-order valence-corrected chi connectivity index (χ2v) is 3.63. The van der Waals surface area contributed by atoms with E-state index in [-0.39, 0.29) is 6.10 Å². The number of hydrogen-bond acceptors (Lipinski definition) is 2. The van der Waals surface area contributed by atoms with E-state index in [2.05, 4.69) is 13.0 Å². The van der Waals surface area contributed by atoms with E-state index in [1.807, 2.05) is 25.1 Å². The van der Waals surface area contributed by atoms with Crippen molar-refractivity contribution in [3.05, 3.63) is 29.8 Å². The standard InChI is InChI=1S/C11H15NOS/c1-3-9-5-4-6-10(7-9)13-8(2)11(12)14/h4-8H,3H2,1-2H3,(H2,12,14). The second-order valence-electron chi connectivity index (χ2n) is 3.16. The number of hydrogen-bond donors (Lipinski definition) is 1. The summed E-state index contributed by atoms with van der Waals surface area (Å²) >= 11 is 4.83. The second kappa shape index (κ2) is 4.96. The Hall–Kier alpha value is -1.09. The minimum Gasteiger partial charge on any atom is -0.484 e. The Balaban J connectivity index is 2.71. The van der Waals surface area contributed by atoms with Crippen molar-refractivity contribution in [2.45, 2.75) is 26.4 Å². The largest absolute Gasteiger partial charge is 0.484 e. The predicted molar refractivity (Wildman–Crippen MR) is 62.7 cm³/mol. The number of benzene rings is 1. The molecule has 0 bridgehead atoms. The molecule has 0 saturated carbocycles. The molecule has 0 aliphatic rings. The zero-order chi connectivity index (χ0) is 10.6. The zero-order valence-corrected chi connectivity index (χ0v) is 9.30. The first-order chi connectivity index (χ1) is 6.63. The Morgan fingerprint density at radius 3 is 2.86 bits per heavy atom. The molecule has 1 unspecified atom stereocenters. The van der Waals surface area contributed by atoms with Crippen LogP contribution in [0.1, 0.15) is 19.4 Å². The van der Waals surface area contributed by atoms with Gasteiger partial charge in [0, 0.05) is 0 Å². The van der Waals surface area contributed by atoms with Crippen LogP contribution in [0.2, 0.25) is 0 Å². The van der Waals surface area contributed by atoms with E-state index in [0.29, 0.717) is 4.99 Å². The Bertz CT molecular complexity index is 325. The van der Waals surface area contributed by atoms with E-state index in [0.717, 1.165) is 12.2 Å². The molecule has 0 spiro atoms. The molecule has 1 rings (SSSR count). The lowest BCUT2D eigenvalue weighted by Gasteiger charge is -2.13. The van der Waals surface area contributed by atoms with Gasteiger partial charge in [0.1, 0.15) is 16.8 Å². The van der Waals surface area contributed by atoms with Gasteiger partial charge in [0.15, 0.2) is 0 Å². The Kier molecular flexibility index (Phi) is 3.89. The molecule has 14 heavy (non-hydrogen) atoms. The molecular weight excluding hydrogens is 194 g/mol. The highest BCUT2D eigenvalue weighted by Crippen LogP contribution is 2.15. The van der Waals surface area contributed by atoms with Gasteiger partial charge in [-0.15, -0.1) is 0 Å². The molecule has 3 heteroatoms. The Morgan fingerprint density at radius 1 is 1.57 bits per heavy atom. The molecule has 76 valence electrons. The van der Waals surface area contributed by atoms with Crippen LogP contribution in [0, 0.1) is 0 Å². The minimum absolute atomic E-state index is 0.211. The lowest BCUT2D eigenvalue weighted by molar-refractivity contribution is 0.288. The molecule has 0 saturated heterocycles. The normalized spacial score (nSPS) is 12.1. The fraction of sp³-hybridized carbons (Fsp3) is 0.364. The highest BCUT2D eigenvalue weighted by Gasteiger charge is 2.06. The molecule has 0 amide bonds. The van der Waals surface area contributed by atoms with Gasteiger partial charge < -0.3 is 10.5 Å². The first-order valence-electron chi connectivity index (χ1n) is 4.68. The molecule has 0 radical (unpaired) electrons. The van der Waals surface area contributed by atoms with Crippen molar-refractivity contribution in [1.82, 2.24) is 0 Å². The van der Waals surface area contributed by atoms with Crippen LogP contribution in [0.4, 0.5) is 0 Å². The minimum atomic E-state index is -0.211. The van der Waals surface area contributed by atoms with E-state index in [1.165, 1.54) is 5.56 Å². The highest BCUT2D eigenvalue weighted by atomic mass is 32.1. The Morgan fingerprint density at radius 2 is 2.29 bits per heavy atom. The van der Waals surface area contributed by atoms with Crippen LogP contribution in [-0.2, 0) is 6.42 Å². The number of thiocarbonyl (C=S) groups is 1. The van der Waals surface area contributed by atoms with Crippen molar-refractivity contribution in [3.8, 4) is 5.75 Å². The lowest BCUT2D eigenvalue weighted by atomic mass is 10.2. The summed E-state index contributed by atoms with van der Waals surface area (Å²) in [6.07, 6.45) is 0.788. The number of ether oxygens (including phenoxy) is 1. The first kappa shape index (κ1) is 11.0. The van der Waals surface area contributed by atoms with Crippen LogP contribution in [0.3, 0.4) is 0 Å². The summed E-state index contributed by atoms with van der Waals surface area (Å²) < 4.78 is 5.55. The van der Waals surface area contributed by atoms with Crippen LogP contribution < -0.4 is 10.5 Å². The van der Waals surface area contributed by atoms with E-state index >= 15 is 0 Å². The zero-order valence-electron chi connectivity index (χ0n) is 8.49. The van der Waals surface area contributed by atoms with Gasteiger partial charge in [-0.3, -0.25) is 0 Å². The van der Waals surface area contributed by atoms with Crippen molar-refractivity contribution in [1.29, 1.82) is 0 Å². The number of nitrogens with two attached hydrogens (primary N) is 1. The van der Waals surface area contributed by atoms with Crippen molar-refractivity contribution in [2.75, 3.05) is 0 Å². The summed E-state index contributed by atoms with van der Waals surface area (Å²) in [5, 5.41) is 0. The SMILES string of the molecule is CCc1cccc(OC(C)C(N)=S)c1. The van der Waals surface area contributed by atoms with Gasteiger partial charge in [-0.2, -0.15) is 0 Å². The molecule has 2 nitrogen and oxygen atoms in total. The molecule has 2 N–H and O–H groups in total. The quantitative estimate of drug-likeness (QED) is 0.773. The first-order valence-corrected chi connectivity index (χ1v) is 5.09. The van der Waals surface area contributed by atoms with Gasteiger partial charge in [-0.05, 0) is 31.0 Å². The maximum Gasteiger partial charge on any atom is 0.145 e. The topological polar surface area (TPSA) is 35.2 Å². The van der Waals surface area contributed by atoms with Crippen LogP contribution in [0.25, 0.3) is 0 Å². The predicted octanol–water partition coefficient (Wildman–Crippen LogP) is 2.30. The van der Waals surface area contributed by atoms with Crippen molar-refractivity contribution in [2.24, 2.45) is 5.73 Å². The lowest BCUT2D eigenvalue weighted by Crippen LogP contribution is -2.28. The van der Waals surface area contributed by atoms with E-state index in [9.17, 15) is 0 Å². The molecule has 1 atom stereocenters. The summed E-state index contributed by atoms with van der Waals surface area (Å²) in [5.41, 5.74) is 6.71. The molecule has 1 aromatic carbocycles. The van der Waals surface area contributed by atoms with E-state index < -0.39 is 0 Å². The molecule has 0 aliphatic carbocycles. The van der Waals surface area contributed by atoms with Crippen molar-refractivity contribution >= 4 is 17.2 Å². The fourth-order valence-corrected chi connectivity index (χ4v) is 1.15. The fourth-order valence-electron chi connectivity index (χ4n) is 1.10. The smallest absolute Gasteiger partial charge is 0.145 e. The van der Waals surface area contributed by atoms with Gasteiger partial charge in [0.05, 0.1) is 0 Å². The summed E-state index contributed by atoms with van der Waals surface area (Å²) in [5.74, 6) is 0.824. The maximum absolute atomic E-state index is 5.55. The van der Waals surface area contributed by atoms with Gasteiger partial charge in [0.25, 0.3) is 0 Å². The molecule has 0 aliphatic heterocycles. The summed E-state index contributed by atoms with van der Waals surface area (Å²) in [4.78, 5) is 0.381. The van der Waals surface area contributed by atoms with Crippen molar-refractivity contribution in [3.63, 3.8) is 0 Å². The third-order valence-electron chi connectivity index (χ3n) is 2.02. The Labute approximate surface area is 90.1 Å². The monoisotopic (exact) mass is 209 g/mol. The number of aryl methyl sites for hydroxylation is 1. The van der Waals surface area contributed by atoms with Gasteiger partial charge >= 0.3 is 0 Å². The van der Waals surface area contributed by atoms with Crippen LogP contribution in [0.15, 0.2) is 24.3 Å². The van der Waals surface area contributed by atoms with Gasteiger partial charge in [-0.25, -0.2) is 0 Å². The highest BCUT2D eigenvalue weighted by molar-refractivity contribution is 7.80. The average molecular weight is 209 g/mol. The van der Waals surface area contributed by atoms with Crippen LogP contribution in [0.5, 0.6) is 5.75 Å². The molecule has 0 fully saturated rings. The van der Waals surface area contributed by atoms with Gasteiger partial charge in [-0.1, -0.05) is 31.3 Å². The summed E-state index contributed by atoms with van der Waals surface area (Å²) in [6.45, 7) is 3.96.